The van der Waals surface area contributed by atoms with Crippen LogP contribution in [-0.2, 0) is 0 Å². The third-order valence-corrected chi connectivity index (χ3v) is 3.19. The van der Waals surface area contributed by atoms with Crippen LogP contribution in [-0.4, -0.2) is 36.8 Å². The Bertz CT molecular complexity index is 139. The Kier molecular flexibility index (Phi) is 11.3. The first-order valence-corrected chi connectivity index (χ1v) is 7.00. The second-order valence-corrected chi connectivity index (χ2v) is 5.15. The Hall–Kier alpha value is -0.0800. The van der Waals surface area contributed by atoms with E-state index in [1.807, 2.05) is 0 Å². The van der Waals surface area contributed by atoms with Crippen molar-refractivity contribution in [1.82, 2.24) is 4.90 Å². The predicted octanol–water partition coefficient (Wildman–Crippen LogP) is 3.30. The van der Waals surface area contributed by atoms with Crippen molar-refractivity contribution in [3.05, 3.63) is 0 Å². The van der Waals surface area contributed by atoms with Gasteiger partial charge >= 0.3 is 0 Å². The molecule has 1 N–H and O–H groups in total. The van der Waals surface area contributed by atoms with Gasteiger partial charge in [0.15, 0.2) is 0 Å². The van der Waals surface area contributed by atoms with Crippen molar-refractivity contribution in [3.63, 3.8) is 0 Å². The smallest absolute Gasteiger partial charge is 0.0456 e. The maximum absolute atomic E-state index is 8.90. The summed E-state index contributed by atoms with van der Waals surface area (Å²) in [5.41, 5.74) is 0. The molecular weight excluding hydrogens is 198 g/mol. The molecule has 1 atom stereocenters. The SMILES string of the molecule is CCCCCCN(C)CCCCC(C)CO. The molecule has 0 rings (SSSR count). The van der Waals surface area contributed by atoms with Gasteiger partial charge in [0.1, 0.15) is 0 Å². The Morgan fingerprint density at radius 1 is 1.00 bits per heavy atom. The summed E-state index contributed by atoms with van der Waals surface area (Å²) in [7, 11) is 2.22. The van der Waals surface area contributed by atoms with Gasteiger partial charge in [0.2, 0.25) is 0 Å². The zero-order valence-corrected chi connectivity index (χ0v) is 11.5. The molecule has 16 heavy (non-hydrogen) atoms. The summed E-state index contributed by atoms with van der Waals surface area (Å²) in [4.78, 5) is 2.44. The van der Waals surface area contributed by atoms with Crippen molar-refractivity contribution in [2.24, 2.45) is 5.92 Å². The van der Waals surface area contributed by atoms with E-state index in [1.165, 1.54) is 58.0 Å². The number of hydrogen-bond acceptors (Lipinski definition) is 2. The Morgan fingerprint density at radius 2 is 1.62 bits per heavy atom. The fraction of sp³-hybridized carbons (Fsp3) is 1.00. The number of aliphatic hydroxyl groups excluding tert-OH is 1. The first kappa shape index (κ1) is 15.9. The molecule has 98 valence electrons. The van der Waals surface area contributed by atoms with E-state index in [4.69, 9.17) is 5.11 Å². The Labute approximate surface area is 102 Å². The number of hydrogen-bond donors (Lipinski definition) is 1. The summed E-state index contributed by atoms with van der Waals surface area (Å²) in [6.07, 6.45) is 9.11. The van der Waals surface area contributed by atoms with Crippen molar-refractivity contribution < 1.29 is 5.11 Å². The minimum atomic E-state index is 0.340. The molecule has 0 aliphatic heterocycles. The zero-order valence-electron chi connectivity index (χ0n) is 11.5. The first-order valence-electron chi connectivity index (χ1n) is 7.00. The zero-order chi connectivity index (χ0) is 12.2. The maximum Gasteiger partial charge on any atom is 0.0456 e. The van der Waals surface area contributed by atoms with E-state index in [-0.39, 0.29) is 0 Å². The van der Waals surface area contributed by atoms with E-state index in [2.05, 4.69) is 25.8 Å². The van der Waals surface area contributed by atoms with Gasteiger partial charge in [-0.3, -0.25) is 0 Å². The van der Waals surface area contributed by atoms with Crippen molar-refractivity contribution in [1.29, 1.82) is 0 Å². The lowest BCUT2D eigenvalue weighted by molar-refractivity contribution is 0.224. The van der Waals surface area contributed by atoms with Crippen molar-refractivity contribution >= 4 is 0 Å². The number of unbranched alkanes of at least 4 members (excludes halogenated alkanes) is 4. The fourth-order valence-electron chi connectivity index (χ4n) is 1.89. The summed E-state index contributed by atoms with van der Waals surface area (Å²) >= 11 is 0. The third kappa shape index (κ3) is 10.4. The highest BCUT2D eigenvalue weighted by Crippen LogP contribution is 2.07. The van der Waals surface area contributed by atoms with E-state index >= 15 is 0 Å². The average Bonchev–Trinajstić information content (AvgIpc) is 2.30. The average molecular weight is 229 g/mol. The molecule has 0 bridgehead atoms. The maximum atomic E-state index is 8.90. The summed E-state index contributed by atoms with van der Waals surface area (Å²) in [6, 6.07) is 0. The summed E-state index contributed by atoms with van der Waals surface area (Å²) in [5, 5.41) is 8.90. The summed E-state index contributed by atoms with van der Waals surface area (Å²) in [6.45, 7) is 7.17. The molecule has 0 aromatic heterocycles. The molecule has 0 aliphatic carbocycles. The van der Waals surface area contributed by atoms with Crippen LogP contribution in [0.15, 0.2) is 0 Å². The normalized spacial score (nSPS) is 13.3. The van der Waals surface area contributed by atoms with Gasteiger partial charge in [-0.25, -0.2) is 0 Å². The van der Waals surface area contributed by atoms with Crippen LogP contribution in [0.5, 0.6) is 0 Å². The van der Waals surface area contributed by atoms with E-state index < -0.39 is 0 Å². The lowest BCUT2D eigenvalue weighted by atomic mass is 10.1. The van der Waals surface area contributed by atoms with Crippen molar-refractivity contribution in [3.8, 4) is 0 Å². The van der Waals surface area contributed by atoms with Crippen LogP contribution >= 0.6 is 0 Å². The lowest BCUT2D eigenvalue weighted by Crippen LogP contribution is -2.21. The molecule has 2 nitrogen and oxygen atoms in total. The Morgan fingerprint density at radius 3 is 2.19 bits per heavy atom. The highest BCUT2D eigenvalue weighted by atomic mass is 16.3. The molecule has 1 unspecified atom stereocenters. The van der Waals surface area contributed by atoms with Gasteiger partial charge in [0.05, 0.1) is 0 Å². The molecular formula is C14H31NO. The number of aliphatic hydroxyl groups is 1. The molecule has 0 saturated heterocycles. The van der Waals surface area contributed by atoms with Gasteiger partial charge in [-0.1, -0.05) is 39.5 Å². The van der Waals surface area contributed by atoms with Gasteiger partial charge < -0.3 is 10.0 Å². The number of rotatable bonds is 11. The molecule has 0 radical (unpaired) electrons. The third-order valence-electron chi connectivity index (χ3n) is 3.19. The summed E-state index contributed by atoms with van der Waals surface area (Å²) in [5.74, 6) is 0.481. The van der Waals surface area contributed by atoms with Crippen LogP contribution in [0.4, 0.5) is 0 Å². The van der Waals surface area contributed by atoms with Crippen LogP contribution in [0, 0.1) is 5.92 Å². The van der Waals surface area contributed by atoms with E-state index in [1.54, 1.807) is 0 Å². The molecule has 0 spiro atoms. The predicted molar refractivity (Wildman–Crippen MR) is 71.7 cm³/mol. The lowest BCUT2D eigenvalue weighted by Gasteiger charge is -2.16. The molecule has 0 aromatic carbocycles. The van der Waals surface area contributed by atoms with Crippen LogP contribution in [0.3, 0.4) is 0 Å². The van der Waals surface area contributed by atoms with Crippen molar-refractivity contribution in [2.75, 3.05) is 26.7 Å². The molecule has 0 saturated carbocycles. The van der Waals surface area contributed by atoms with Crippen LogP contribution < -0.4 is 0 Å². The largest absolute Gasteiger partial charge is 0.396 e. The molecule has 0 amide bonds. The second kappa shape index (κ2) is 11.4. The first-order chi connectivity index (χ1) is 7.70. The quantitative estimate of drug-likeness (QED) is 0.550. The van der Waals surface area contributed by atoms with Crippen LogP contribution in [0.25, 0.3) is 0 Å². The van der Waals surface area contributed by atoms with Gasteiger partial charge in [0.25, 0.3) is 0 Å². The highest BCUT2D eigenvalue weighted by molar-refractivity contribution is 4.55. The minimum absolute atomic E-state index is 0.340. The van der Waals surface area contributed by atoms with Gasteiger partial charge in [0, 0.05) is 6.61 Å². The van der Waals surface area contributed by atoms with Crippen molar-refractivity contribution in [2.45, 2.75) is 58.8 Å². The fourth-order valence-corrected chi connectivity index (χ4v) is 1.89. The van der Waals surface area contributed by atoms with Gasteiger partial charge in [-0.2, -0.15) is 0 Å². The van der Waals surface area contributed by atoms with Gasteiger partial charge in [-0.15, -0.1) is 0 Å². The molecule has 2 heteroatoms. The van der Waals surface area contributed by atoms with E-state index in [0.717, 1.165) is 0 Å². The second-order valence-electron chi connectivity index (χ2n) is 5.15. The Balaban J connectivity index is 3.20. The van der Waals surface area contributed by atoms with Gasteiger partial charge in [-0.05, 0) is 45.3 Å². The van der Waals surface area contributed by atoms with E-state index in [9.17, 15) is 0 Å². The number of nitrogens with zero attached hydrogens (tertiary/aromatic N) is 1. The molecule has 0 aromatic rings. The van der Waals surface area contributed by atoms with E-state index in [0.29, 0.717) is 12.5 Å². The van der Waals surface area contributed by atoms with Crippen LogP contribution in [0.1, 0.15) is 58.8 Å². The molecule has 0 heterocycles. The van der Waals surface area contributed by atoms with Crippen LogP contribution in [0.2, 0.25) is 0 Å². The molecule has 0 aliphatic rings. The minimum Gasteiger partial charge on any atom is -0.396 e. The topological polar surface area (TPSA) is 23.5 Å². The molecule has 0 fully saturated rings. The standard InChI is InChI=1S/C14H31NO/c1-4-5-6-8-11-15(3)12-9-7-10-14(2)13-16/h14,16H,4-13H2,1-3H3. The monoisotopic (exact) mass is 229 g/mol. The summed E-state index contributed by atoms with van der Waals surface area (Å²) < 4.78 is 0. The highest BCUT2D eigenvalue weighted by Gasteiger charge is 2.01.